The van der Waals surface area contributed by atoms with Crippen LogP contribution in [-0.2, 0) is 14.3 Å². The van der Waals surface area contributed by atoms with Crippen LogP contribution in [0.3, 0.4) is 0 Å². The summed E-state index contributed by atoms with van der Waals surface area (Å²) in [5.74, 6) is 0.0437. The fourth-order valence-corrected chi connectivity index (χ4v) is 3.82. The van der Waals surface area contributed by atoms with Crippen molar-refractivity contribution in [3.8, 4) is 11.5 Å². The first-order valence-corrected chi connectivity index (χ1v) is 9.72. The number of halogens is 1. The highest BCUT2D eigenvalue weighted by atomic mass is 127. The van der Waals surface area contributed by atoms with Gasteiger partial charge in [-0.25, -0.2) is 0 Å². The first-order chi connectivity index (χ1) is 12.4. The maximum atomic E-state index is 12.4. The number of nitrogens with zero attached hydrogens (tertiary/aromatic N) is 1. The molecule has 1 aromatic carbocycles. The van der Waals surface area contributed by atoms with Gasteiger partial charge in [0.15, 0.2) is 11.5 Å². The number of ether oxygens (including phenoxy) is 3. The second kappa shape index (κ2) is 9.26. The highest BCUT2D eigenvalue weighted by Gasteiger charge is 2.36. The summed E-state index contributed by atoms with van der Waals surface area (Å²) in [6, 6.07) is 3.59. The minimum atomic E-state index is -0.650. The van der Waals surface area contributed by atoms with Crippen LogP contribution in [0.25, 0.3) is 6.08 Å². The second-order valence-electron chi connectivity index (χ2n) is 5.04. The van der Waals surface area contributed by atoms with Crippen LogP contribution in [-0.4, -0.2) is 48.9 Å². The summed E-state index contributed by atoms with van der Waals surface area (Å²) in [5.41, 5.74) is 0.699. The molecule has 1 aliphatic rings. The van der Waals surface area contributed by atoms with E-state index in [2.05, 4.69) is 27.3 Å². The Bertz CT molecular complexity index is 764. The fourth-order valence-electron chi connectivity index (χ4n) is 2.20. The number of hydrogen-bond donors (Lipinski definition) is 0. The predicted molar refractivity (Wildman–Crippen MR) is 106 cm³/mol. The number of methoxy groups -OCH3 is 1. The van der Waals surface area contributed by atoms with Crippen LogP contribution in [0.1, 0.15) is 19.4 Å². The van der Waals surface area contributed by atoms with E-state index in [0.29, 0.717) is 30.3 Å². The summed E-state index contributed by atoms with van der Waals surface area (Å²) >= 11 is 2.92. The first-order valence-electron chi connectivity index (χ1n) is 7.82. The quantitative estimate of drug-likeness (QED) is 0.329. The SMILES string of the molecule is CCOc1cc(/C=C2\SC(=O)N(CC(=O)OC)C2=O)cc(I)c1OCC. The number of carbonyl (C=O) groups excluding carboxylic acids is 3. The van der Waals surface area contributed by atoms with Crippen molar-refractivity contribution in [1.82, 2.24) is 4.90 Å². The van der Waals surface area contributed by atoms with Gasteiger partial charge in [0.25, 0.3) is 11.1 Å². The molecule has 1 aromatic rings. The van der Waals surface area contributed by atoms with Crippen molar-refractivity contribution in [1.29, 1.82) is 0 Å². The number of esters is 1. The molecule has 1 saturated heterocycles. The van der Waals surface area contributed by atoms with Crippen LogP contribution in [0.2, 0.25) is 0 Å². The van der Waals surface area contributed by atoms with Crippen molar-refractivity contribution in [2.75, 3.05) is 26.9 Å². The fraction of sp³-hybridized carbons (Fsp3) is 0.353. The van der Waals surface area contributed by atoms with Crippen LogP contribution in [0.15, 0.2) is 17.0 Å². The van der Waals surface area contributed by atoms with Crippen molar-refractivity contribution in [2.24, 2.45) is 0 Å². The molecule has 1 fully saturated rings. The maximum absolute atomic E-state index is 12.4. The van der Waals surface area contributed by atoms with Crippen molar-refractivity contribution in [3.05, 3.63) is 26.2 Å². The molecule has 0 spiro atoms. The molecule has 2 amide bonds. The Balaban J connectivity index is 2.33. The smallest absolute Gasteiger partial charge is 0.325 e. The number of rotatable bonds is 7. The zero-order chi connectivity index (χ0) is 19.3. The van der Waals surface area contributed by atoms with Crippen molar-refractivity contribution in [3.63, 3.8) is 0 Å². The average molecular weight is 491 g/mol. The van der Waals surface area contributed by atoms with Gasteiger partial charge in [0.1, 0.15) is 6.54 Å². The summed E-state index contributed by atoms with van der Waals surface area (Å²) in [7, 11) is 1.20. The lowest BCUT2D eigenvalue weighted by Crippen LogP contribution is -2.34. The third-order valence-electron chi connectivity index (χ3n) is 3.31. The summed E-state index contributed by atoms with van der Waals surface area (Å²) in [5, 5.41) is -0.502. The van der Waals surface area contributed by atoms with Gasteiger partial charge in [-0.05, 0) is 72.0 Å². The summed E-state index contributed by atoms with van der Waals surface area (Å²) in [4.78, 5) is 36.8. The van der Waals surface area contributed by atoms with Gasteiger partial charge in [0, 0.05) is 0 Å². The van der Waals surface area contributed by atoms with Gasteiger partial charge in [-0.3, -0.25) is 19.3 Å². The van der Waals surface area contributed by atoms with Crippen molar-refractivity contribution >= 4 is 57.5 Å². The highest BCUT2D eigenvalue weighted by molar-refractivity contribution is 14.1. The third kappa shape index (κ3) is 4.70. The van der Waals surface area contributed by atoms with Crippen LogP contribution in [0.4, 0.5) is 4.79 Å². The molecule has 7 nitrogen and oxygen atoms in total. The lowest BCUT2D eigenvalue weighted by molar-refractivity contribution is -0.143. The van der Waals surface area contributed by atoms with E-state index in [0.717, 1.165) is 20.2 Å². The molecular formula is C17H18INO6S. The number of amides is 2. The number of thioether (sulfide) groups is 1. The number of benzene rings is 1. The zero-order valence-corrected chi connectivity index (χ0v) is 17.5. The van der Waals surface area contributed by atoms with Gasteiger partial charge in [0.05, 0.1) is 28.8 Å². The molecule has 0 bridgehead atoms. The van der Waals surface area contributed by atoms with E-state index >= 15 is 0 Å². The first kappa shape index (κ1) is 20.6. The molecule has 9 heteroatoms. The molecule has 1 aliphatic heterocycles. The molecule has 0 saturated carbocycles. The molecule has 1 heterocycles. The molecule has 140 valence electrons. The van der Waals surface area contributed by atoms with Gasteiger partial charge in [0.2, 0.25) is 0 Å². The zero-order valence-electron chi connectivity index (χ0n) is 14.5. The Morgan fingerprint density at radius 2 is 1.92 bits per heavy atom. The van der Waals surface area contributed by atoms with E-state index in [1.54, 1.807) is 12.1 Å². The van der Waals surface area contributed by atoms with Gasteiger partial charge in [-0.15, -0.1) is 0 Å². The number of imide groups is 1. The molecule has 0 aromatic heterocycles. The predicted octanol–water partition coefficient (Wildman–Crippen LogP) is 3.30. The Morgan fingerprint density at radius 3 is 2.54 bits per heavy atom. The lowest BCUT2D eigenvalue weighted by Gasteiger charge is -2.13. The Hall–Kier alpha value is -1.75. The van der Waals surface area contributed by atoms with Crippen LogP contribution in [0.5, 0.6) is 11.5 Å². The second-order valence-corrected chi connectivity index (χ2v) is 7.20. The minimum absolute atomic E-state index is 0.237. The van der Waals surface area contributed by atoms with E-state index in [1.165, 1.54) is 7.11 Å². The van der Waals surface area contributed by atoms with E-state index < -0.39 is 23.7 Å². The average Bonchev–Trinajstić information content (AvgIpc) is 2.85. The van der Waals surface area contributed by atoms with Crippen LogP contribution in [0, 0.1) is 3.57 Å². The Kier molecular flexibility index (Phi) is 7.33. The lowest BCUT2D eigenvalue weighted by atomic mass is 10.2. The minimum Gasteiger partial charge on any atom is -0.490 e. The highest BCUT2D eigenvalue weighted by Crippen LogP contribution is 2.37. The molecule has 0 aliphatic carbocycles. The normalized spacial score (nSPS) is 15.5. The van der Waals surface area contributed by atoms with Gasteiger partial charge >= 0.3 is 5.97 Å². The van der Waals surface area contributed by atoms with Gasteiger partial charge in [-0.1, -0.05) is 0 Å². The molecule has 0 atom stereocenters. The molecule has 0 N–H and O–H groups in total. The molecule has 0 radical (unpaired) electrons. The van der Waals surface area contributed by atoms with Crippen LogP contribution < -0.4 is 9.47 Å². The van der Waals surface area contributed by atoms with E-state index in [4.69, 9.17) is 9.47 Å². The Morgan fingerprint density at radius 1 is 1.23 bits per heavy atom. The molecule has 2 rings (SSSR count). The monoisotopic (exact) mass is 491 g/mol. The Labute approximate surface area is 169 Å². The maximum Gasteiger partial charge on any atom is 0.325 e. The van der Waals surface area contributed by atoms with Gasteiger partial charge < -0.3 is 14.2 Å². The van der Waals surface area contributed by atoms with E-state index in [1.807, 2.05) is 19.9 Å². The van der Waals surface area contributed by atoms with Gasteiger partial charge in [-0.2, -0.15) is 0 Å². The van der Waals surface area contributed by atoms with E-state index in [9.17, 15) is 14.4 Å². The molecule has 26 heavy (non-hydrogen) atoms. The summed E-state index contributed by atoms with van der Waals surface area (Å²) in [6.07, 6.45) is 1.60. The number of hydrogen-bond acceptors (Lipinski definition) is 7. The molecule has 0 unspecified atom stereocenters. The summed E-state index contributed by atoms with van der Waals surface area (Å²) < 4.78 is 16.6. The van der Waals surface area contributed by atoms with Crippen molar-refractivity contribution in [2.45, 2.75) is 13.8 Å². The summed E-state index contributed by atoms with van der Waals surface area (Å²) in [6.45, 7) is 4.32. The topological polar surface area (TPSA) is 82.1 Å². The number of carbonyl (C=O) groups is 3. The molecular weight excluding hydrogens is 473 g/mol. The van der Waals surface area contributed by atoms with Crippen molar-refractivity contribution < 1.29 is 28.6 Å². The standard InChI is InChI=1S/C17H18INO6S/c1-4-24-12-7-10(6-11(18)15(12)25-5-2)8-13-16(21)19(17(22)26-13)9-14(20)23-3/h6-8H,4-5,9H2,1-3H3/b13-8-. The van der Waals surface area contributed by atoms with E-state index in [-0.39, 0.29) is 4.91 Å². The third-order valence-corrected chi connectivity index (χ3v) is 5.02. The largest absolute Gasteiger partial charge is 0.490 e. The van der Waals surface area contributed by atoms with Crippen LogP contribution >= 0.6 is 34.4 Å².